The molecular weight excluding hydrogens is 426 g/mol. The number of nitrogens with two attached hydrogens (primary N) is 1. The maximum absolute atomic E-state index is 9.61. The maximum atomic E-state index is 9.61. The van der Waals surface area contributed by atoms with Gasteiger partial charge in [0.05, 0.1) is 26.7 Å². The van der Waals surface area contributed by atoms with E-state index in [9.17, 15) is 5.26 Å². The molecule has 0 aliphatic carbocycles. The molecule has 0 saturated carbocycles. The van der Waals surface area contributed by atoms with E-state index < -0.39 is 0 Å². The lowest BCUT2D eigenvalue weighted by Gasteiger charge is -2.37. The average molecular weight is 454 g/mol. The zero-order chi connectivity index (χ0) is 23.0. The van der Waals surface area contributed by atoms with Crippen LogP contribution in [0.1, 0.15) is 30.2 Å². The molecule has 0 radical (unpaired) electrons. The van der Waals surface area contributed by atoms with Gasteiger partial charge in [-0.2, -0.15) is 5.26 Å². The van der Waals surface area contributed by atoms with E-state index in [-0.39, 0.29) is 5.54 Å². The molecule has 32 heavy (non-hydrogen) atoms. The monoisotopic (exact) mass is 453 g/mol. The number of ether oxygens (including phenoxy) is 3. The number of benzene rings is 1. The summed E-state index contributed by atoms with van der Waals surface area (Å²) >= 11 is 1.39. The maximum Gasteiger partial charge on any atom is 0.203 e. The molecule has 4 rings (SSSR count). The van der Waals surface area contributed by atoms with Crippen LogP contribution < -0.4 is 24.8 Å². The summed E-state index contributed by atoms with van der Waals surface area (Å²) in [6.45, 7) is 5.64. The number of hydrogen-bond acceptors (Lipinski definition) is 9. The minimum Gasteiger partial charge on any atom is -0.493 e. The molecule has 1 fully saturated rings. The Balaban J connectivity index is 1.92. The van der Waals surface area contributed by atoms with Gasteiger partial charge in [-0.15, -0.1) is 11.3 Å². The van der Waals surface area contributed by atoms with E-state index in [1.165, 1.54) is 11.3 Å². The summed E-state index contributed by atoms with van der Waals surface area (Å²) in [5, 5.41) is 10.5. The highest BCUT2D eigenvalue weighted by Gasteiger charge is 2.29. The number of aromatic nitrogens is 2. The molecule has 1 aliphatic heterocycles. The number of rotatable bonds is 5. The third-order valence-corrected chi connectivity index (χ3v) is 7.09. The third-order valence-electron chi connectivity index (χ3n) is 6.00. The minimum absolute atomic E-state index is 0.177. The standard InChI is InChI=1S/C23H27N5O3S/c1-13-17(12-24)32-22-18(13)21(28-8-6-23(2,25)7-9-28)26-20(27-22)14-10-15(29-3)19(31-5)16(11-14)30-4/h10-11H,6-9,25H2,1-5H3. The second kappa shape index (κ2) is 8.45. The molecule has 3 heterocycles. The fraction of sp³-hybridized carbons (Fsp3) is 0.435. The van der Waals surface area contributed by atoms with Crippen LogP contribution in [0.15, 0.2) is 12.1 Å². The molecule has 1 aromatic carbocycles. The van der Waals surface area contributed by atoms with Crippen molar-refractivity contribution in [3.63, 3.8) is 0 Å². The lowest BCUT2D eigenvalue weighted by atomic mass is 9.91. The first-order valence-electron chi connectivity index (χ1n) is 10.4. The Labute approximate surface area is 191 Å². The van der Waals surface area contributed by atoms with Crippen molar-refractivity contribution in [2.45, 2.75) is 32.2 Å². The molecule has 9 heteroatoms. The van der Waals surface area contributed by atoms with Gasteiger partial charge in [-0.3, -0.25) is 0 Å². The number of nitrogens with zero attached hydrogens (tertiary/aromatic N) is 4. The lowest BCUT2D eigenvalue weighted by molar-refractivity contribution is 0.324. The molecular formula is C23H27N5O3S. The lowest BCUT2D eigenvalue weighted by Crippen LogP contribution is -2.48. The van der Waals surface area contributed by atoms with E-state index in [4.69, 9.17) is 29.9 Å². The quantitative estimate of drug-likeness (QED) is 0.620. The number of thiophene rings is 1. The van der Waals surface area contributed by atoms with Crippen LogP contribution in [0.3, 0.4) is 0 Å². The Morgan fingerprint density at radius 3 is 2.25 bits per heavy atom. The van der Waals surface area contributed by atoms with Crippen molar-refractivity contribution in [2.24, 2.45) is 5.73 Å². The van der Waals surface area contributed by atoms with Gasteiger partial charge in [0.2, 0.25) is 5.75 Å². The zero-order valence-electron chi connectivity index (χ0n) is 19.0. The van der Waals surface area contributed by atoms with Crippen LogP contribution >= 0.6 is 11.3 Å². The van der Waals surface area contributed by atoms with Gasteiger partial charge in [0, 0.05) is 24.2 Å². The summed E-state index contributed by atoms with van der Waals surface area (Å²) < 4.78 is 16.5. The molecule has 2 aromatic heterocycles. The van der Waals surface area contributed by atoms with Gasteiger partial charge in [-0.05, 0) is 44.4 Å². The van der Waals surface area contributed by atoms with E-state index in [1.807, 2.05) is 19.1 Å². The number of aryl methyl sites for hydroxylation is 1. The van der Waals surface area contributed by atoms with Crippen LogP contribution in [0.5, 0.6) is 17.2 Å². The SMILES string of the molecule is COc1cc(-c2nc(N3CCC(C)(N)CC3)c3c(C)c(C#N)sc3n2)cc(OC)c1OC. The zero-order valence-corrected chi connectivity index (χ0v) is 19.8. The molecule has 1 saturated heterocycles. The van der Waals surface area contributed by atoms with Crippen LogP contribution in [0.4, 0.5) is 5.82 Å². The van der Waals surface area contributed by atoms with Gasteiger partial charge in [0.25, 0.3) is 0 Å². The Morgan fingerprint density at radius 1 is 1.09 bits per heavy atom. The number of fused-ring (bicyclic) bond motifs is 1. The summed E-state index contributed by atoms with van der Waals surface area (Å²) in [5.74, 6) is 2.95. The number of piperidine rings is 1. The van der Waals surface area contributed by atoms with Crippen molar-refractivity contribution in [1.82, 2.24) is 9.97 Å². The highest BCUT2D eigenvalue weighted by Crippen LogP contribution is 2.43. The third kappa shape index (κ3) is 3.80. The topological polar surface area (TPSA) is 107 Å². The highest BCUT2D eigenvalue weighted by molar-refractivity contribution is 7.19. The Morgan fingerprint density at radius 2 is 1.72 bits per heavy atom. The predicted molar refractivity (Wildman–Crippen MR) is 126 cm³/mol. The summed E-state index contributed by atoms with van der Waals surface area (Å²) in [5.41, 5.74) is 7.84. The van der Waals surface area contributed by atoms with E-state index >= 15 is 0 Å². The van der Waals surface area contributed by atoms with Gasteiger partial charge < -0.3 is 24.8 Å². The Kier molecular flexibility index (Phi) is 5.84. The first-order chi connectivity index (χ1) is 15.3. The first kappa shape index (κ1) is 22.1. The second-order valence-corrected chi connectivity index (χ2v) is 9.27. The largest absolute Gasteiger partial charge is 0.493 e. The molecule has 168 valence electrons. The van der Waals surface area contributed by atoms with E-state index in [1.54, 1.807) is 21.3 Å². The number of methoxy groups -OCH3 is 3. The van der Waals surface area contributed by atoms with Crippen molar-refractivity contribution in [2.75, 3.05) is 39.3 Å². The minimum atomic E-state index is -0.177. The van der Waals surface area contributed by atoms with E-state index in [0.29, 0.717) is 28.0 Å². The number of hydrogen-bond donors (Lipinski definition) is 1. The normalized spacial score (nSPS) is 15.5. The summed E-state index contributed by atoms with van der Waals surface area (Å²) in [6.07, 6.45) is 1.73. The van der Waals surface area contributed by atoms with Crippen LogP contribution in [0.25, 0.3) is 21.6 Å². The fourth-order valence-corrected chi connectivity index (χ4v) is 4.99. The molecule has 0 spiro atoms. The van der Waals surface area contributed by atoms with E-state index in [2.05, 4.69) is 17.9 Å². The van der Waals surface area contributed by atoms with E-state index in [0.717, 1.165) is 53.1 Å². The Hall–Kier alpha value is -3.09. The molecule has 0 amide bonds. The van der Waals surface area contributed by atoms with Crippen LogP contribution in [-0.2, 0) is 0 Å². The molecule has 3 aromatic rings. The van der Waals surface area contributed by atoms with Crippen LogP contribution in [0.2, 0.25) is 0 Å². The van der Waals surface area contributed by atoms with Crippen LogP contribution in [0, 0.1) is 18.3 Å². The Bertz CT molecular complexity index is 1180. The smallest absolute Gasteiger partial charge is 0.203 e. The van der Waals surface area contributed by atoms with Crippen LogP contribution in [-0.4, -0.2) is 49.9 Å². The number of nitriles is 1. The van der Waals surface area contributed by atoms with Crippen molar-refractivity contribution in [3.8, 4) is 34.7 Å². The van der Waals surface area contributed by atoms with Gasteiger partial charge >= 0.3 is 0 Å². The molecule has 0 bridgehead atoms. The highest BCUT2D eigenvalue weighted by atomic mass is 32.1. The van der Waals surface area contributed by atoms with Crippen molar-refractivity contribution in [3.05, 3.63) is 22.6 Å². The van der Waals surface area contributed by atoms with Gasteiger partial charge in [0.1, 0.15) is 21.6 Å². The summed E-state index contributed by atoms with van der Waals surface area (Å²) in [6, 6.07) is 5.97. The fourth-order valence-electron chi connectivity index (χ4n) is 4.02. The van der Waals surface area contributed by atoms with Crippen molar-refractivity contribution >= 4 is 27.4 Å². The molecule has 0 unspecified atom stereocenters. The molecule has 8 nitrogen and oxygen atoms in total. The van der Waals surface area contributed by atoms with Gasteiger partial charge in [0.15, 0.2) is 17.3 Å². The van der Waals surface area contributed by atoms with Crippen molar-refractivity contribution in [1.29, 1.82) is 5.26 Å². The molecule has 2 N–H and O–H groups in total. The second-order valence-electron chi connectivity index (χ2n) is 8.27. The average Bonchev–Trinajstić information content (AvgIpc) is 3.13. The molecule has 0 atom stereocenters. The summed E-state index contributed by atoms with van der Waals surface area (Å²) in [7, 11) is 4.73. The van der Waals surface area contributed by atoms with Gasteiger partial charge in [-0.1, -0.05) is 0 Å². The molecule has 1 aliphatic rings. The van der Waals surface area contributed by atoms with Gasteiger partial charge in [-0.25, -0.2) is 9.97 Å². The van der Waals surface area contributed by atoms with Crippen molar-refractivity contribution < 1.29 is 14.2 Å². The summed E-state index contributed by atoms with van der Waals surface area (Å²) in [4.78, 5) is 13.5. The first-order valence-corrected chi connectivity index (χ1v) is 11.2. The predicted octanol–water partition coefficient (Wildman–Crippen LogP) is 3.88. The number of anilines is 1.